The minimum Gasteiger partial charge on any atom is -0.493 e. The van der Waals surface area contributed by atoms with Crippen molar-refractivity contribution in [3.63, 3.8) is 0 Å². The fraction of sp³-hybridized carbons (Fsp3) is 0.476. The van der Waals surface area contributed by atoms with Crippen molar-refractivity contribution >= 4 is 10.0 Å². The second-order valence-electron chi connectivity index (χ2n) is 7.86. The predicted octanol–water partition coefficient (Wildman–Crippen LogP) is 3.63. The minimum absolute atomic E-state index is 0.110. The van der Waals surface area contributed by atoms with Crippen molar-refractivity contribution in [3.8, 4) is 16.9 Å². The first-order valence-corrected chi connectivity index (χ1v) is 11.6. The molecular weight excluding hydrogens is 433 g/mol. The lowest BCUT2D eigenvalue weighted by Gasteiger charge is -2.31. The molecule has 31 heavy (non-hydrogen) atoms. The highest BCUT2D eigenvalue weighted by atomic mass is 32.2. The van der Waals surface area contributed by atoms with Crippen LogP contribution in [0.4, 0.5) is 13.2 Å². The van der Waals surface area contributed by atoms with Crippen LogP contribution in [0.2, 0.25) is 0 Å². The van der Waals surface area contributed by atoms with E-state index in [1.54, 1.807) is 24.3 Å². The van der Waals surface area contributed by atoms with Crippen molar-refractivity contribution in [3.05, 3.63) is 48.3 Å². The Balaban J connectivity index is 1.36. The highest BCUT2D eigenvalue weighted by Crippen LogP contribution is 2.30. The number of aromatic nitrogens is 1. The molecule has 10 heteroatoms. The maximum Gasteiger partial charge on any atom is 0.433 e. The summed E-state index contributed by atoms with van der Waals surface area (Å²) in [6.45, 7) is 1.20. The van der Waals surface area contributed by atoms with E-state index in [4.69, 9.17) is 9.47 Å². The zero-order valence-corrected chi connectivity index (χ0v) is 17.5. The maximum absolute atomic E-state index is 12.6. The summed E-state index contributed by atoms with van der Waals surface area (Å²) in [5.74, 6) is 0.471. The van der Waals surface area contributed by atoms with Gasteiger partial charge in [-0.25, -0.2) is 13.1 Å². The highest BCUT2D eigenvalue weighted by Gasteiger charge is 2.39. The van der Waals surface area contributed by atoms with Gasteiger partial charge in [-0.2, -0.15) is 13.2 Å². The van der Waals surface area contributed by atoms with E-state index >= 15 is 0 Å². The molecule has 168 valence electrons. The van der Waals surface area contributed by atoms with Gasteiger partial charge >= 0.3 is 6.18 Å². The van der Waals surface area contributed by atoms with Crippen molar-refractivity contribution in [2.75, 3.05) is 19.8 Å². The minimum atomic E-state index is -4.47. The molecular formula is C21H23F3N2O4S. The summed E-state index contributed by atoms with van der Waals surface area (Å²) in [6, 6.07) is 9.03. The second kappa shape index (κ2) is 8.76. The summed E-state index contributed by atoms with van der Waals surface area (Å²) >= 11 is 0. The first-order chi connectivity index (χ1) is 14.7. The topological polar surface area (TPSA) is 77.5 Å². The number of hydrogen-bond acceptors (Lipinski definition) is 5. The third-order valence-corrected chi connectivity index (χ3v) is 7.44. The fourth-order valence-corrected chi connectivity index (χ4v) is 5.16. The van der Waals surface area contributed by atoms with Gasteiger partial charge in [0.05, 0.1) is 18.5 Å². The number of ether oxygens (including phenoxy) is 2. The first-order valence-electron chi connectivity index (χ1n) is 10.1. The summed E-state index contributed by atoms with van der Waals surface area (Å²) in [5.41, 5.74) is 0.345. The summed E-state index contributed by atoms with van der Waals surface area (Å²) in [5, 5.41) is -0.274. The Hall–Kier alpha value is -2.17. The molecule has 1 saturated heterocycles. The van der Waals surface area contributed by atoms with Crippen molar-refractivity contribution in [2.45, 2.75) is 36.7 Å². The number of rotatable bonds is 7. The maximum atomic E-state index is 12.6. The van der Waals surface area contributed by atoms with Crippen LogP contribution < -0.4 is 9.46 Å². The largest absolute Gasteiger partial charge is 0.493 e. The Morgan fingerprint density at radius 3 is 2.39 bits per heavy atom. The van der Waals surface area contributed by atoms with Crippen LogP contribution in [-0.4, -0.2) is 44.5 Å². The normalized spacial score (nSPS) is 22.3. The van der Waals surface area contributed by atoms with Gasteiger partial charge in [0.1, 0.15) is 11.4 Å². The first kappa shape index (κ1) is 22.0. The van der Waals surface area contributed by atoms with E-state index in [1.165, 1.54) is 12.3 Å². The van der Waals surface area contributed by atoms with Gasteiger partial charge in [0.25, 0.3) is 0 Å². The molecule has 6 nitrogen and oxygen atoms in total. The SMILES string of the molecule is O=S(=O)(NC1CCOCC1COc1ccc(-c2ccc(C(F)(F)F)nc2)cc1)C1CC1. The van der Waals surface area contributed by atoms with Gasteiger partial charge in [0, 0.05) is 30.3 Å². The van der Waals surface area contributed by atoms with E-state index in [0.29, 0.717) is 56.0 Å². The summed E-state index contributed by atoms with van der Waals surface area (Å²) < 4.78 is 76.6. The van der Waals surface area contributed by atoms with Crippen molar-refractivity contribution in [1.29, 1.82) is 0 Å². The van der Waals surface area contributed by atoms with Crippen molar-refractivity contribution in [2.24, 2.45) is 5.92 Å². The Kier molecular flexibility index (Phi) is 6.23. The molecule has 4 rings (SSSR count). The molecule has 2 aromatic rings. The molecule has 1 aliphatic carbocycles. The van der Waals surface area contributed by atoms with Crippen molar-refractivity contribution < 1.29 is 31.1 Å². The van der Waals surface area contributed by atoms with Gasteiger partial charge in [0.15, 0.2) is 0 Å². The Labute approximate surface area is 178 Å². The molecule has 1 aliphatic heterocycles. The fourth-order valence-electron chi connectivity index (χ4n) is 3.48. The number of sulfonamides is 1. The van der Waals surface area contributed by atoms with Crippen LogP contribution in [0.1, 0.15) is 25.0 Å². The zero-order valence-electron chi connectivity index (χ0n) is 16.6. The number of halogens is 3. The van der Waals surface area contributed by atoms with E-state index < -0.39 is 21.9 Å². The van der Waals surface area contributed by atoms with Crippen LogP contribution in [0, 0.1) is 5.92 Å². The number of hydrogen-bond donors (Lipinski definition) is 1. The standard InChI is InChI=1S/C21H23F3N2O4S/c22-21(23,24)20-8-3-15(11-25-20)14-1-4-17(5-2-14)30-13-16-12-29-10-9-19(16)26-31(27,28)18-6-7-18/h1-5,8,11,16,18-19,26H,6-7,9-10,12-13H2. The molecule has 2 unspecified atom stereocenters. The highest BCUT2D eigenvalue weighted by molar-refractivity contribution is 7.90. The lowest BCUT2D eigenvalue weighted by atomic mass is 9.98. The van der Waals surface area contributed by atoms with Crippen LogP contribution in [-0.2, 0) is 20.9 Å². The number of alkyl halides is 3. The smallest absolute Gasteiger partial charge is 0.433 e. The Bertz CT molecular complexity index is 991. The molecule has 1 aromatic heterocycles. The van der Waals surface area contributed by atoms with Gasteiger partial charge in [-0.05, 0) is 43.0 Å². The molecule has 2 heterocycles. The Morgan fingerprint density at radius 2 is 1.77 bits per heavy atom. The van der Waals surface area contributed by atoms with Crippen LogP contribution in [0.25, 0.3) is 11.1 Å². The summed E-state index contributed by atoms with van der Waals surface area (Å²) in [7, 11) is -3.29. The molecule has 1 aromatic carbocycles. The number of pyridine rings is 1. The van der Waals surface area contributed by atoms with Crippen LogP contribution in [0.15, 0.2) is 42.6 Å². The van der Waals surface area contributed by atoms with Gasteiger partial charge in [-0.1, -0.05) is 18.2 Å². The predicted molar refractivity (Wildman–Crippen MR) is 108 cm³/mol. The van der Waals surface area contributed by atoms with Crippen LogP contribution in [0.3, 0.4) is 0 Å². The molecule has 2 aliphatic rings. The summed E-state index contributed by atoms with van der Waals surface area (Å²) in [4.78, 5) is 3.47. The second-order valence-corrected chi connectivity index (χ2v) is 9.85. The molecule has 1 saturated carbocycles. The Morgan fingerprint density at radius 1 is 1.06 bits per heavy atom. The number of nitrogens with zero attached hydrogens (tertiary/aromatic N) is 1. The van der Waals surface area contributed by atoms with Gasteiger partial charge < -0.3 is 9.47 Å². The summed E-state index contributed by atoms with van der Waals surface area (Å²) in [6.07, 6.45) is -1.26. The van der Waals surface area contributed by atoms with Gasteiger partial charge in [-0.15, -0.1) is 0 Å². The molecule has 2 atom stereocenters. The third-order valence-electron chi connectivity index (χ3n) is 5.46. The van der Waals surface area contributed by atoms with Crippen LogP contribution in [0.5, 0.6) is 5.75 Å². The molecule has 2 fully saturated rings. The lowest BCUT2D eigenvalue weighted by Crippen LogP contribution is -2.48. The van der Waals surface area contributed by atoms with Crippen LogP contribution >= 0.6 is 0 Å². The molecule has 0 bridgehead atoms. The zero-order chi connectivity index (χ0) is 22.1. The van der Waals surface area contributed by atoms with E-state index in [-0.39, 0.29) is 17.2 Å². The average molecular weight is 456 g/mol. The average Bonchev–Trinajstić information content (AvgIpc) is 3.59. The van der Waals surface area contributed by atoms with E-state index in [0.717, 1.165) is 6.07 Å². The molecule has 1 N–H and O–H groups in total. The van der Waals surface area contributed by atoms with Gasteiger partial charge in [-0.3, -0.25) is 4.98 Å². The quantitative estimate of drug-likeness (QED) is 0.689. The lowest BCUT2D eigenvalue weighted by molar-refractivity contribution is -0.141. The van der Waals surface area contributed by atoms with E-state index in [9.17, 15) is 21.6 Å². The monoisotopic (exact) mass is 456 g/mol. The van der Waals surface area contributed by atoms with Gasteiger partial charge in [0.2, 0.25) is 10.0 Å². The van der Waals surface area contributed by atoms with Crippen molar-refractivity contribution in [1.82, 2.24) is 9.71 Å². The number of nitrogens with one attached hydrogen (secondary N) is 1. The van der Waals surface area contributed by atoms with E-state index in [2.05, 4.69) is 9.71 Å². The molecule has 0 spiro atoms. The molecule has 0 radical (unpaired) electrons. The van der Waals surface area contributed by atoms with E-state index in [1.807, 2.05) is 0 Å². The number of benzene rings is 1. The third kappa shape index (κ3) is 5.55. The molecule has 0 amide bonds.